The quantitative estimate of drug-likeness (QED) is 0.377. The van der Waals surface area contributed by atoms with Crippen molar-refractivity contribution in [1.82, 2.24) is 19.9 Å². The van der Waals surface area contributed by atoms with Crippen LogP contribution in [-0.4, -0.2) is 78.4 Å². The lowest BCUT2D eigenvalue weighted by molar-refractivity contribution is 0.0570. The van der Waals surface area contributed by atoms with Gasteiger partial charge < -0.3 is 24.0 Å². The molecule has 2 aromatic carbocycles. The zero-order chi connectivity index (χ0) is 27.9. The smallest absolute Gasteiger partial charge is 0.257 e. The zero-order valence-electron chi connectivity index (χ0n) is 22.9. The van der Waals surface area contributed by atoms with E-state index >= 15 is 0 Å². The van der Waals surface area contributed by atoms with Crippen LogP contribution in [0.1, 0.15) is 27.0 Å². The van der Waals surface area contributed by atoms with E-state index in [-0.39, 0.29) is 5.91 Å². The minimum atomic E-state index is -0.123. The SMILES string of the molecule is O=C(c1cnc(N2CCOCC2)nc1)N1CCOCCOc2ccc(-c3cccnc3)cc2Cc2cccc(c2)C1. The van der Waals surface area contributed by atoms with Gasteiger partial charge in [-0.05, 0) is 40.5 Å². The van der Waals surface area contributed by atoms with Crippen molar-refractivity contribution in [3.63, 3.8) is 0 Å². The standard InChI is InChI=1S/C32H33N5O4/c38-31(29-21-34-32(35-22-29)36-9-12-39-13-10-36)37-11-14-40-15-16-41-30-7-6-26(27-5-2-8-33-20-27)19-28(30)18-24-3-1-4-25(17-24)23-37/h1-8,17,19-22H,9-16,18,23H2. The minimum Gasteiger partial charge on any atom is -0.491 e. The van der Waals surface area contributed by atoms with Crippen molar-refractivity contribution in [1.29, 1.82) is 0 Å². The van der Waals surface area contributed by atoms with E-state index in [1.807, 2.05) is 24.4 Å². The minimum absolute atomic E-state index is 0.123. The van der Waals surface area contributed by atoms with Crippen molar-refractivity contribution >= 4 is 11.9 Å². The summed E-state index contributed by atoms with van der Waals surface area (Å²) in [6, 6.07) is 18.6. The predicted octanol–water partition coefficient (Wildman–Crippen LogP) is 4.02. The molecule has 0 saturated carbocycles. The Morgan fingerprint density at radius 3 is 2.39 bits per heavy atom. The lowest BCUT2D eigenvalue weighted by Gasteiger charge is -2.27. The number of nitrogens with zero attached hydrogens (tertiary/aromatic N) is 5. The third-order valence-corrected chi connectivity index (χ3v) is 7.27. The summed E-state index contributed by atoms with van der Waals surface area (Å²) in [5.74, 6) is 1.34. The summed E-state index contributed by atoms with van der Waals surface area (Å²) in [5.41, 5.74) is 5.89. The summed E-state index contributed by atoms with van der Waals surface area (Å²) in [7, 11) is 0. The molecule has 1 fully saturated rings. The van der Waals surface area contributed by atoms with Crippen molar-refractivity contribution in [3.05, 3.63) is 102 Å². The summed E-state index contributed by atoms with van der Waals surface area (Å²) in [6.07, 6.45) is 7.58. The van der Waals surface area contributed by atoms with E-state index in [0.29, 0.717) is 64.1 Å². The third kappa shape index (κ3) is 6.70. The van der Waals surface area contributed by atoms with Gasteiger partial charge in [-0.1, -0.05) is 36.4 Å². The highest BCUT2D eigenvalue weighted by atomic mass is 16.5. The van der Waals surface area contributed by atoms with Gasteiger partial charge in [0.05, 0.1) is 32.0 Å². The maximum Gasteiger partial charge on any atom is 0.257 e. The molecule has 2 bridgehead atoms. The van der Waals surface area contributed by atoms with Crippen LogP contribution in [0.25, 0.3) is 11.1 Å². The Kier molecular flexibility index (Phi) is 8.44. The van der Waals surface area contributed by atoms with Gasteiger partial charge in [0.25, 0.3) is 5.91 Å². The number of morpholine rings is 1. The predicted molar refractivity (Wildman–Crippen MR) is 155 cm³/mol. The monoisotopic (exact) mass is 551 g/mol. The fraction of sp³-hybridized carbons (Fsp3) is 0.312. The molecule has 0 N–H and O–H groups in total. The lowest BCUT2D eigenvalue weighted by atomic mass is 9.98. The molecule has 4 aromatic rings. The number of benzene rings is 2. The summed E-state index contributed by atoms with van der Waals surface area (Å²) >= 11 is 0. The molecule has 6 rings (SSSR count). The van der Waals surface area contributed by atoms with E-state index in [4.69, 9.17) is 14.2 Å². The molecular formula is C32H33N5O4. The van der Waals surface area contributed by atoms with Crippen LogP contribution in [0.15, 0.2) is 79.4 Å². The number of anilines is 1. The second-order valence-electron chi connectivity index (χ2n) is 10.1. The summed E-state index contributed by atoms with van der Waals surface area (Å²) in [6.45, 7) is 4.93. The number of carbonyl (C=O) groups excluding carboxylic acids is 1. The van der Waals surface area contributed by atoms with Crippen molar-refractivity contribution in [3.8, 4) is 16.9 Å². The first kappa shape index (κ1) is 26.9. The van der Waals surface area contributed by atoms with E-state index < -0.39 is 0 Å². The van der Waals surface area contributed by atoms with Gasteiger partial charge in [0.15, 0.2) is 0 Å². The molecule has 9 heteroatoms. The van der Waals surface area contributed by atoms with E-state index in [1.54, 1.807) is 23.5 Å². The second-order valence-corrected chi connectivity index (χ2v) is 10.1. The number of rotatable bonds is 3. The molecule has 2 aromatic heterocycles. The number of aromatic nitrogens is 3. The first-order chi connectivity index (χ1) is 20.2. The molecule has 1 amide bonds. The number of fused-ring (bicyclic) bond motifs is 3. The molecule has 0 aliphatic carbocycles. The molecule has 0 radical (unpaired) electrons. The van der Waals surface area contributed by atoms with E-state index in [9.17, 15) is 4.79 Å². The molecule has 0 atom stereocenters. The summed E-state index contributed by atoms with van der Waals surface area (Å²) < 4.78 is 17.4. The summed E-state index contributed by atoms with van der Waals surface area (Å²) in [5, 5.41) is 0. The molecule has 1 saturated heterocycles. The van der Waals surface area contributed by atoms with Crippen molar-refractivity contribution in [2.24, 2.45) is 0 Å². The fourth-order valence-electron chi connectivity index (χ4n) is 5.13. The molecule has 41 heavy (non-hydrogen) atoms. The normalized spacial score (nSPS) is 16.3. The maximum absolute atomic E-state index is 13.6. The Bertz CT molecular complexity index is 1460. The van der Waals surface area contributed by atoms with Crippen LogP contribution in [0.5, 0.6) is 5.75 Å². The first-order valence-electron chi connectivity index (χ1n) is 14.0. The van der Waals surface area contributed by atoms with Gasteiger partial charge in [0.1, 0.15) is 12.4 Å². The Balaban J connectivity index is 1.23. The van der Waals surface area contributed by atoms with Crippen LogP contribution < -0.4 is 9.64 Å². The van der Waals surface area contributed by atoms with Crippen molar-refractivity contribution in [2.75, 3.05) is 57.6 Å². The van der Waals surface area contributed by atoms with Gasteiger partial charge >= 0.3 is 0 Å². The van der Waals surface area contributed by atoms with Gasteiger partial charge in [-0.2, -0.15) is 0 Å². The van der Waals surface area contributed by atoms with Crippen LogP contribution in [0.3, 0.4) is 0 Å². The molecule has 4 heterocycles. The van der Waals surface area contributed by atoms with Gasteiger partial charge in [-0.25, -0.2) is 9.97 Å². The number of hydrogen-bond donors (Lipinski definition) is 0. The van der Waals surface area contributed by atoms with Crippen LogP contribution in [0.2, 0.25) is 0 Å². The van der Waals surface area contributed by atoms with Gasteiger partial charge in [0.2, 0.25) is 5.95 Å². The number of pyridine rings is 1. The van der Waals surface area contributed by atoms with Gasteiger partial charge in [-0.3, -0.25) is 9.78 Å². The maximum atomic E-state index is 13.6. The number of amides is 1. The Morgan fingerprint density at radius 1 is 0.756 bits per heavy atom. The van der Waals surface area contributed by atoms with Gasteiger partial charge in [-0.15, -0.1) is 0 Å². The number of carbonyl (C=O) groups is 1. The molecule has 0 spiro atoms. The van der Waals surface area contributed by atoms with Crippen LogP contribution in [0.4, 0.5) is 5.95 Å². The van der Waals surface area contributed by atoms with Crippen LogP contribution >= 0.6 is 0 Å². The Hall–Kier alpha value is -4.34. The molecule has 0 unspecified atom stereocenters. The molecule has 2 aliphatic rings. The molecule has 210 valence electrons. The number of ether oxygens (including phenoxy) is 3. The second kappa shape index (κ2) is 12.9. The van der Waals surface area contributed by atoms with E-state index in [2.05, 4.69) is 56.3 Å². The highest BCUT2D eigenvalue weighted by Crippen LogP contribution is 2.29. The Labute approximate surface area is 239 Å². The lowest BCUT2D eigenvalue weighted by Crippen LogP contribution is -2.37. The Morgan fingerprint density at radius 2 is 1.56 bits per heavy atom. The first-order valence-corrected chi connectivity index (χ1v) is 14.0. The van der Waals surface area contributed by atoms with Crippen LogP contribution in [-0.2, 0) is 22.4 Å². The van der Waals surface area contributed by atoms with Crippen molar-refractivity contribution in [2.45, 2.75) is 13.0 Å². The van der Waals surface area contributed by atoms with Crippen LogP contribution in [0, 0.1) is 0 Å². The third-order valence-electron chi connectivity index (χ3n) is 7.27. The van der Waals surface area contributed by atoms with E-state index in [1.165, 1.54) is 0 Å². The molecule has 9 nitrogen and oxygen atoms in total. The van der Waals surface area contributed by atoms with Gasteiger partial charge in [0, 0.05) is 63.0 Å². The average molecular weight is 552 g/mol. The highest BCUT2D eigenvalue weighted by molar-refractivity contribution is 5.93. The average Bonchev–Trinajstić information content (AvgIpc) is 3.03. The fourth-order valence-corrected chi connectivity index (χ4v) is 5.13. The molecular weight excluding hydrogens is 518 g/mol. The number of hydrogen-bond acceptors (Lipinski definition) is 8. The van der Waals surface area contributed by atoms with Crippen molar-refractivity contribution < 1.29 is 19.0 Å². The summed E-state index contributed by atoms with van der Waals surface area (Å²) in [4.78, 5) is 30.7. The zero-order valence-corrected chi connectivity index (χ0v) is 22.9. The largest absolute Gasteiger partial charge is 0.491 e. The molecule has 2 aliphatic heterocycles. The van der Waals surface area contributed by atoms with E-state index in [0.717, 1.165) is 46.7 Å². The topological polar surface area (TPSA) is 89.9 Å². The highest BCUT2D eigenvalue weighted by Gasteiger charge is 2.20.